The van der Waals surface area contributed by atoms with E-state index >= 15 is 0 Å². The van der Waals surface area contributed by atoms with Crippen LogP contribution in [0.1, 0.15) is 64.1 Å². The molecule has 1 saturated carbocycles. The Morgan fingerprint density at radius 3 is 2.68 bits per heavy atom. The highest BCUT2D eigenvalue weighted by Crippen LogP contribution is 2.17. The molecule has 1 fully saturated rings. The number of imidazole rings is 1. The van der Waals surface area contributed by atoms with Crippen LogP contribution < -0.4 is 5.32 Å². The molecule has 1 heterocycles. The van der Waals surface area contributed by atoms with E-state index in [0.717, 1.165) is 18.7 Å². The molecule has 0 aromatic carbocycles. The zero-order valence-electron chi connectivity index (χ0n) is 12.1. The minimum atomic E-state index is 0.117. The molecule has 0 spiro atoms. The van der Waals surface area contributed by atoms with Crippen LogP contribution in [0.5, 0.6) is 0 Å². The Bertz CT molecular complexity index is 403. The average Bonchev–Trinajstić information content (AvgIpc) is 2.66. The summed E-state index contributed by atoms with van der Waals surface area (Å²) in [6, 6.07) is 0.376. The molecule has 1 aromatic rings. The summed E-state index contributed by atoms with van der Waals surface area (Å²) in [5.41, 5.74) is 0. The van der Waals surface area contributed by atoms with Gasteiger partial charge in [-0.1, -0.05) is 39.5 Å². The molecule has 106 valence electrons. The molecule has 0 aliphatic heterocycles. The van der Waals surface area contributed by atoms with Gasteiger partial charge >= 0.3 is 0 Å². The van der Waals surface area contributed by atoms with E-state index < -0.39 is 0 Å². The lowest BCUT2D eigenvalue weighted by atomic mass is 10.1. The Hall–Kier alpha value is -1.32. The van der Waals surface area contributed by atoms with Crippen molar-refractivity contribution in [2.45, 2.75) is 70.9 Å². The third kappa shape index (κ3) is 4.08. The van der Waals surface area contributed by atoms with Crippen LogP contribution in [0.4, 0.5) is 0 Å². The summed E-state index contributed by atoms with van der Waals surface area (Å²) in [7, 11) is 0. The first kappa shape index (κ1) is 14.1. The summed E-state index contributed by atoms with van der Waals surface area (Å²) in [4.78, 5) is 16.4. The second-order valence-electron chi connectivity index (χ2n) is 5.82. The lowest BCUT2D eigenvalue weighted by molar-refractivity contribution is -0.122. The van der Waals surface area contributed by atoms with Crippen molar-refractivity contribution in [2.75, 3.05) is 0 Å². The van der Waals surface area contributed by atoms with Crippen molar-refractivity contribution < 1.29 is 4.79 Å². The number of rotatable bonds is 4. The van der Waals surface area contributed by atoms with Gasteiger partial charge in [0.15, 0.2) is 0 Å². The molecule has 19 heavy (non-hydrogen) atoms. The molecule has 0 saturated heterocycles. The van der Waals surface area contributed by atoms with Crippen LogP contribution in [0.2, 0.25) is 0 Å². The number of aromatic nitrogens is 2. The van der Waals surface area contributed by atoms with Crippen LogP contribution in [0.3, 0.4) is 0 Å². The first-order valence-electron chi connectivity index (χ1n) is 7.47. The number of carbonyl (C=O) groups is 1. The predicted molar refractivity (Wildman–Crippen MR) is 75.9 cm³/mol. The van der Waals surface area contributed by atoms with Crippen molar-refractivity contribution in [1.29, 1.82) is 0 Å². The van der Waals surface area contributed by atoms with Crippen molar-refractivity contribution in [3.63, 3.8) is 0 Å². The average molecular weight is 263 g/mol. The van der Waals surface area contributed by atoms with Gasteiger partial charge in [-0.25, -0.2) is 4.98 Å². The van der Waals surface area contributed by atoms with Crippen LogP contribution in [0.15, 0.2) is 12.4 Å². The quantitative estimate of drug-likeness (QED) is 0.849. The zero-order valence-corrected chi connectivity index (χ0v) is 12.1. The fourth-order valence-electron chi connectivity index (χ4n) is 2.81. The molecule has 0 unspecified atom stereocenters. The number of carbonyl (C=O) groups excluding carboxylic acids is 1. The maximum atomic E-state index is 12.1. The highest BCUT2D eigenvalue weighted by atomic mass is 16.2. The van der Waals surface area contributed by atoms with Crippen LogP contribution in [0.25, 0.3) is 0 Å². The molecule has 4 heteroatoms. The zero-order chi connectivity index (χ0) is 13.7. The third-order valence-corrected chi connectivity index (χ3v) is 3.80. The topological polar surface area (TPSA) is 46.9 Å². The maximum absolute atomic E-state index is 12.1. The Morgan fingerprint density at radius 2 is 2.05 bits per heavy atom. The Balaban J connectivity index is 1.88. The van der Waals surface area contributed by atoms with Crippen LogP contribution in [-0.4, -0.2) is 21.5 Å². The minimum absolute atomic E-state index is 0.117. The van der Waals surface area contributed by atoms with Gasteiger partial charge in [-0.05, 0) is 12.8 Å². The van der Waals surface area contributed by atoms with Gasteiger partial charge in [0, 0.05) is 24.4 Å². The Kier molecular flexibility index (Phi) is 5.00. The molecule has 1 N–H and O–H groups in total. The molecular formula is C15H25N3O. The summed E-state index contributed by atoms with van der Waals surface area (Å²) in [6.07, 6.45) is 11.0. The number of amides is 1. The second kappa shape index (κ2) is 6.73. The van der Waals surface area contributed by atoms with Gasteiger partial charge < -0.3 is 9.88 Å². The normalized spacial score (nSPS) is 17.4. The molecule has 1 amide bonds. The number of nitrogens with zero attached hydrogens (tertiary/aromatic N) is 2. The highest BCUT2D eigenvalue weighted by molar-refractivity contribution is 5.76. The van der Waals surface area contributed by atoms with Crippen LogP contribution in [-0.2, 0) is 11.3 Å². The van der Waals surface area contributed by atoms with Crippen molar-refractivity contribution in [3.05, 3.63) is 18.2 Å². The fourth-order valence-corrected chi connectivity index (χ4v) is 2.81. The molecule has 4 nitrogen and oxygen atoms in total. The van der Waals surface area contributed by atoms with E-state index in [1.54, 1.807) is 6.20 Å². The van der Waals surface area contributed by atoms with Gasteiger partial charge in [-0.15, -0.1) is 0 Å². The number of hydrogen-bond acceptors (Lipinski definition) is 2. The van der Waals surface area contributed by atoms with E-state index in [1.807, 2.05) is 10.8 Å². The van der Waals surface area contributed by atoms with E-state index in [0.29, 0.717) is 18.5 Å². The second-order valence-corrected chi connectivity index (χ2v) is 5.82. The Labute approximate surface area is 115 Å². The van der Waals surface area contributed by atoms with Gasteiger partial charge in [-0.2, -0.15) is 0 Å². The van der Waals surface area contributed by atoms with E-state index in [4.69, 9.17) is 0 Å². The van der Waals surface area contributed by atoms with Crippen molar-refractivity contribution >= 4 is 5.91 Å². The van der Waals surface area contributed by atoms with Gasteiger partial charge in [-0.3, -0.25) is 4.79 Å². The Morgan fingerprint density at radius 1 is 1.37 bits per heavy atom. The summed E-state index contributed by atoms with van der Waals surface area (Å²) < 4.78 is 1.96. The van der Waals surface area contributed by atoms with E-state index in [9.17, 15) is 4.79 Å². The first-order valence-corrected chi connectivity index (χ1v) is 7.47. The van der Waals surface area contributed by atoms with E-state index in [2.05, 4.69) is 24.1 Å². The van der Waals surface area contributed by atoms with Crippen molar-refractivity contribution in [3.8, 4) is 0 Å². The monoisotopic (exact) mass is 263 g/mol. The molecule has 1 aliphatic carbocycles. The maximum Gasteiger partial charge on any atom is 0.240 e. The lowest BCUT2D eigenvalue weighted by Gasteiger charge is -2.17. The SMILES string of the molecule is CC(C)c1nccn1CC(=O)NC1CCCCCC1. The molecule has 1 aromatic heterocycles. The molecular weight excluding hydrogens is 238 g/mol. The van der Waals surface area contributed by atoms with Gasteiger partial charge in [0.05, 0.1) is 0 Å². The molecule has 0 radical (unpaired) electrons. The van der Waals surface area contributed by atoms with Crippen molar-refractivity contribution in [1.82, 2.24) is 14.9 Å². The number of nitrogens with one attached hydrogen (secondary N) is 1. The molecule has 0 atom stereocenters. The molecule has 2 rings (SSSR count). The van der Waals surface area contributed by atoms with Gasteiger partial charge in [0.2, 0.25) is 5.91 Å². The first-order chi connectivity index (χ1) is 9.16. The standard InChI is InChI=1S/C15H25N3O/c1-12(2)15-16-9-10-18(15)11-14(19)17-13-7-5-3-4-6-8-13/h9-10,12-13H,3-8,11H2,1-2H3,(H,17,19). The van der Waals surface area contributed by atoms with E-state index in [1.165, 1.54) is 25.7 Å². The summed E-state index contributed by atoms with van der Waals surface area (Å²) in [6.45, 7) is 4.59. The van der Waals surface area contributed by atoms with E-state index in [-0.39, 0.29) is 5.91 Å². The summed E-state index contributed by atoms with van der Waals surface area (Å²) >= 11 is 0. The van der Waals surface area contributed by atoms with Gasteiger partial charge in [0.1, 0.15) is 12.4 Å². The largest absolute Gasteiger partial charge is 0.352 e. The number of hydrogen-bond donors (Lipinski definition) is 1. The molecule has 0 bridgehead atoms. The lowest BCUT2D eigenvalue weighted by Crippen LogP contribution is -2.36. The summed E-state index contributed by atoms with van der Waals surface area (Å²) in [5, 5.41) is 3.18. The van der Waals surface area contributed by atoms with Crippen LogP contribution in [0, 0.1) is 0 Å². The predicted octanol–water partition coefficient (Wildman–Crippen LogP) is 2.85. The van der Waals surface area contributed by atoms with Crippen molar-refractivity contribution in [2.24, 2.45) is 0 Å². The highest BCUT2D eigenvalue weighted by Gasteiger charge is 2.16. The smallest absolute Gasteiger partial charge is 0.240 e. The minimum Gasteiger partial charge on any atom is -0.352 e. The third-order valence-electron chi connectivity index (χ3n) is 3.80. The van der Waals surface area contributed by atoms with Crippen LogP contribution >= 0.6 is 0 Å². The fraction of sp³-hybridized carbons (Fsp3) is 0.733. The molecule has 1 aliphatic rings. The summed E-state index contributed by atoms with van der Waals surface area (Å²) in [5.74, 6) is 1.45. The van der Waals surface area contributed by atoms with Gasteiger partial charge in [0.25, 0.3) is 0 Å².